The van der Waals surface area contributed by atoms with E-state index in [1.165, 1.54) is 24.3 Å². The summed E-state index contributed by atoms with van der Waals surface area (Å²) in [7, 11) is 0. The molecule has 0 bridgehead atoms. The molecule has 0 saturated carbocycles. The summed E-state index contributed by atoms with van der Waals surface area (Å²) in [5.74, 6) is -0.434. The van der Waals surface area contributed by atoms with E-state index in [-0.39, 0.29) is 17.8 Å². The van der Waals surface area contributed by atoms with E-state index in [1.807, 2.05) is 4.90 Å². The minimum Gasteiger partial charge on any atom is -0.393 e. The van der Waals surface area contributed by atoms with Crippen molar-refractivity contribution in [3.8, 4) is 0 Å². The predicted octanol–water partition coefficient (Wildman–Crippen LogP) is 1.22. The third-order valence-corrected chi connectivity index (χ3v) is 3.05. The second-order valence-electron chi connectivity index (χ2n) is 4.56. The summed E-state index contributed by atoms with van der Waals surface area (Å²) in [6.07, 6.45) is 1.19. The van der Waals surface area contributed by atoms with Gasteiger partial charge in [0.25, 0.3) is 0 Å². The van der Waals surface area contributed by atoms with Crippen molar-refractivity contribution < 1.29 is 14.3 Å². The lowest BCUT2D eigenvalue weighted by atomic mass is 10.1. The second-order valence-corrected chi connectivity index (χ2v) is 4.56. The third-order valence-electron chi connectivity index (χ3n) is 3.05. The van der Waals surface area contributed by atoms with Crippen LogP contribution in [0.5, 0.6) is 0 Å². The number of halogens is 1. The molecule has 0 aliphatic carbocycles. The Morgan fingerprint density at radius 3 is 2.56 bits per heavy atom. The van der Waals surface area contributed by atoms with Crippen LogP contribution in [0.25, 0.3) is 0 Å². The molecule has 1 aromatic carbocycles. The number of aliphatic hydroxyl groups is 1. The van der Waals surface area contributed by atoms with Gasteiger partial charge < -0.3 is 10.4 Å². The van der Waals surface area contributed by atoms with E-state index in [0.717, 1.165) is 13.1 Å². The summed E-state index contributed by atoms with van der Waals surface area (Å²) in [5.41, 5.74) is 0.596. The summed E-state index contributed by atoms with van der Waals surface area (Å²) < 4.78 is 12.7. The fourth-order valence-electron chi connectivity index (χ4n) is 2.01. The zero-order valence-electron chi connectivity index (χ0n) is 10.1. The van der Waals surface area contributed by atoms with Gasteiger partial charge in [0.2, 0.25) is 5.91 Å². The van der Waals surface area contributed by atoms with Crippen LogP contribution in [0.3, 0.4) is 0 Å². The largest absolute Gasteiger partial charge is 0.393 e. The van der Waals surface area contributed by atoms with E-state index < -0.39 is 0 Å². The van der Waals surface area contributed by atoms with Crippen LogP contribution in [-0.4, -0.2) is 41.7 Å². The maximum absolute atomic E-state index is 12.7. The van der Waals surface area contributed by atoms with Crippen LogP contribution in [0.1, 0.15) is 12.8 Å². The fraction of sp³-hybridized carbons (Fsp3) is 0.462. The zero-order chi connectivity index (χ0) is 13.0. The molecule has 2 rings (SSSR count). The summed E-state index contributed by atoms with van der Waals surface area (Å²) in [6, 6.07) is 5.69. The van der Waals surface area contributed by atoms with Gasteiger partial charge in [0, 0.05) is 18.8 Å². The molecular formula is C13H17FN2O2. The lowest BCUT2D eigenvalue weighted by Gasteiger charge is -2.28. The number of benzene rings is 1. The van der Waals surface area contributed by atoms with Crippen LogP contribution in [0.4, 0.5) is 10.1 Å². The molecule has 98 valence electrons. The van der Waals surface area contributed by atoms with Gasteiger partial charge in [-0.05, 0) is 37.1 Å². The Bertz CT molecular complexity index is 400. The maximum atomic E-state index is 12.7. The van der Waals surface area contributed by atoms with Gasteiger partial charge in [0.05, 0.1) is 12.6 Å². The molecular weight excluding hydrogens is 235 g/mol. The number of nitrogens with one attached hydrogen (secondary N) is 1. The number of hydrogen-bond donors (Lipinski definition) is 2. The average Bonchev–Trinajstić information content (AvgIpc) is 2.35. The van der Waals surface area contributed by atoms with Crippen LogP contribution >= 0.6 is 0 Å². The highest BCUT2D eigenvalue weighted by molar-refractivity contribution is 5.92. The normalized spacial score (nSPS) is 17.7. The van der Waals surface area contributed by atoms with E-state index in [0.29, 0.717) is 25.1 Å². The first-order chi connectivity index (χ1) is 8.63. The summed E-state index contributed by atoms with van der Waals surface area (Å²) in [6.45, 7) is 1.78. The van der Waals surface area contributed by atoms with Gasteiger partial charge in [-0.25, -0.2) is 4.39 Å². The minimum atomic E-state index is -0.321. The molecule has 1 aromatic rings. The third kappa shape index (κ3) is 3.78. The quantitative estimate of drug-likeness (QED) is 0.850. The second kappa shape index (κ2) is 5.93. The van der Waals surface area contributed by atoms with Crippen LogP contribution in [0.2, 0.25) is 0 Å². The molecule has 5 heteroatoms. The van der Waals surface area contributed by atoms with Gasteiger partial charge in [0.1, 0.15) is 5.82 Å². The molecule has 1 aliphatic rings. The molecule has 0 radical (unpaired) electrons. The summed E-state index contributed by atoms with van der Waals surface area (Å²) in [5, 5.41) is 12.1. The van der Waals surface area contributed by atoms with Crippen molar-refractivity contribution >= 4 is 11.6 Å². The minimum absolute atomic E-state index is 0.113. The highest BCUT2D eigenvalue weighted by Crippen LogP contribution is 2.11. The molecule has 18 heavy (non-hydrogen) atoms. The predicted molar refractivity (Wildman–Crippen MR) is 66.7 cm³/mol. The molecule has 0 atom stereocenters. The number of aliphatic hydroxyl groups excluding tert-OH is 1. The number of amides is 1. The molecule has 1 fully saturated rings. The van der Waals surface area contributed by atoms with Crippen LogP contribution in [-0.2, 0) is 4.79 Å². The fourth-order valence-corrected chi connectivity index (χ4v) is 2.01. The molecule has 2 N–H and O–H groups in total. The van der Waals surface area contributed by atoms with Crippen molar-refractivity contribution in [3.63, 3.8) is 0 Å². The Kier molecular flexibility index (Phi) is 4.28. The summed E-state index contributed by atoms with van der Waals surface area (Å²) in [4.78, 5) is 13.7. The lowest BCUT2D eigenvalue weighted by molar-refractivity contribution is -0.117. The van der Waals surface area contributed by atoms with Gasteiger partial charge in [-0.3, -0.25) is 9.69 Å². The highest BCUT2D eigenvalue weighted by Gasteiger charge is 2.18. The number of carbonyl (C=O) groups is 1. The molecule has 1 aliphatic heterocycles. The molecule has 0 unspecified atom stereocenters. The van der Waals surface area contributed by atoms with Crippen molar-refractivity contribution in [2.45, 2.75) is 18.9 Å². The Labute approximate surface area is 105 Å². The Balaban J connectivity index is 1.80. The zero-order valence-corrected chi connectivity index (χ0v) is 10.1. The van der Waals surface area contributed by atoms with Crippen molar-refractivity contribution in [1.82, 2.24) is 4.90 Å². The molecule has 1 saturated heterocycles. The van der Waals surface area contributed by atoms with Gasteiger partial charge >= 0.3 is 0 Å². The Morgan fingerprint density at radius 2 is 1.94 bits per heavy atom. The van der Waals surface area contributed by atoms with E-state index in [4.69, 9.17) is 0 Å². The summed E-state index contributed by atoms with van der Waals surface area (Å²) >= 11 is 0. The number of nitrogens with zero attached hydrogens (tertiary/aromatic N) is 1. The Morgan fingerprint density at radius 1 is 1.33 bits per heavy atom. The van der Waals surface area contributed by atoms with Gasteiger partial charge in [-0.1, -0.05) is 0 Å². The maximum Gasteiger partial charge on any atom is 0.238 e. The number of rotatable bonds is 3. The van der Waals surface area contributed by atoms with Crippen molar-refractivity contribution in [2.24, 2.45) is 0 Å². The molecule has 0 aromatic heterocycles. The molecule has 4 nitrogen and oxygen atoms in total. The van der Waals surface area contributed by atoms with Crippen LogP contribution in [0.15, 0.2) is 24.3 Å². The molecule has 1 amide bonds. The molecule has 1 heterocycles. The monoisotopic (exact) mass is 252 g/mol. The standard InChI is InChI=1S/C13H17FN2O2/c14-10-1-3-11(4-2-10)15-13(18)9-16-7-5-12(17)6-8-16/h1-4,12,17H,5-9H2,(H,15,18). The topological polar surface area (TPSA) is 52.6 Å². The van der Waals surface area contributed by atoms with Crippen molar-refractivity contribution in [3.05, 3.63) is 30.1 Å². The van der Waals surface area contributed by atoms with Gasteiger partial charge in [0.15, 0.2) is 0 Å². The smallest absolute Gasteiger partial charge is 0.238 e. The molecule has 0 spiro atoms. The van der Waals surface area contributed by atoms with E-state index in [1.54, 1.807) is 0 Å². The number of hydrogen-bond acceptors (Lipinski definition) is 3. The van der Waals surface area contributed by atoms with E-state index in [2.05, 4.69) is 5.32 Å². The van der Waals surface area contributed by atoms with Crippen molar-refractivity contribution in [1.29, 1.82) is 0 Å². The van der Waals surface area contributed by atoms with Crippen LogP contribution < -0.4 is 5.32 Å². The van der Waals surface area contributed by atoms with E-state index in [9.17, 15) is 14.3 Å². The SMILES string of the molecule is O=C(CN1CCC(O)CC1)Nc1ccc(F)cc1. The number of carbonyl (C=O) groups excluding carboxylic acids is 1. The average molecular weight is 252 g/mol. The van der Waals surface area contributed by atoms with Gasteiger partial charge in [-0.15, -0.1) is 0 Å². The van der Waals surface area contributed by atoms with Crippen molar-refractivity contribution in [2.75, 3.05) is 25.0 Å². The highest BCUT2D eigenvalue weighted by atomic mass is 19.1. The number of anilines is 1. The first kappa shape index (κ1) is 13.0. The number of likely N-dealkylation sites (tertiary alicyclic amines) is 1. The first-order valence-electron chi connectivity index (χ1n) is 6.09. The first-order valence-corrected chi connectivity index (χ1v) is 6.09. The van der Waals surface area contributed by atoms with Crippen LogP contribution in [0, 0.1) is 5.82 Å². The van der Waals surface area contributed by atoms with E-state index >= 15 is 0 Å². The number of piperidine rings is 1. The Hall–Kier alpha value is -1.46. The lowest BCUT2D eigenvalue weighted by Crippen LogP contribution is -2.40. The van der Waals surface area contributed by atoms with Gasteiger partial charge in [-0.2, -0.15) is 0 Å².